The first-order valence-corrected chi connectivity index (χ1v) is 6.24. The summed E-state index contributed by atoms with van der Waals surface area (Å²) in [6.45, 7) is 2.78. The number of hydrogen-bond acceptors (Lipinski definition) is 2. The van der Waals surface area contributed by atoms with E-state index in [4.69, 9.17) is 5.11 Å². The zero-order chi connectivity index (χ0) is 12.0. The molecule has 1 aromatic rings. The van der Waals surface area contributed by atoms with Crippen molar-refractivity contribution in [2.45, 2.75) is 32.2 Å². The smallest absolute Gasteiger partial charge is 0.308 e. The van der Waals surface area contributed by atoms with Gasteiger partial charge in [0.1, 0.15) is 0 Å². The van der Waals surface area contributed by atoms with Crippen LogP contribution in [0, 0.1) is 12.8 Å². The second kappa shape index (κ2) is 3.76. The molecule has 2 aliphatic heterocycles. The number of carboxylic acids is 1. The Balaban J connectivity index is 1.94. The molecule has 3 nitrogen and oxygen atoms in total. The third-order valence-electron chi connectivity index (χ3n) is 4.06. The van der Waals surface area contributed by atoms with Crippen molar-refractivity contribution in [3.05, 3.63) is 29.3 Å². The summed E-state index contributed by atoms with van der Waals surface area (Å²) >= 11 is 0. The van der Waals surface area contributed by atoms with E-state index in [-0.39, 0.29) is 5.92 Å². The zero-order valence-electron chi connectivity index (χ0n) is 10.0. The van der Waals surface area contributed by atoms with Crippen LogP contribution in [0.5, 0.6) is 0 Å². The first kappa shape index (κ1) is 10.6. The van der Waals surface area contributed by atoms with E-state index in [9.17, 15) is 4.79 Å². The van der Waals surface area contributed by atoms with Crippen molar-refractivity contribution in [2.24, 2.45) is 5.92 Å². The molecule has 3 rings (SSSR count). The molecule has 1 saturated heterocycles. The van der Waals surface area contributed by atoms with E-state index in [1.165, 1.54) is 16.8 Å². The molecule has 0 saturated carbocycles. The van der Waals surface area contributed by atoms with Gasteiger partial charge in [0.05, 0.1) is 5.92 Å². The first-order valence-electron chi connectivity index (χ1n) is 6.24. The molecule has 17 heavy (non-hydrogen) atoms. The number of benzene rings is 1. The molecule has 2 atom stereocenters. The second-order valence-corrected chi connectivity index (χ2v) is 5.25. The lowest BCUT2D eigenvalue weighted by molar-refractivity contribution is -0.141. The van der Waals surface area contributed by atoms with Crippen LogP contribution in [0.4, 0.5) is 5.69 Å². The van der Waals surface area contributed by atoms with Crippen molar-refractivity contribution < 1.29 is 9.90 Å². The summed E-state index contributed by atoms with van der Waals surface area (Å²) < 4.78 is 0. The number of anilines is 1. The van der Waals surface area contributed by atoms with Crippen molar-refractivity contribution in [1.82, 2.24) is 0 Å². The van der Waals surface area contributed by atoms with Crippen LogP contribution in [0.2, 0.25) is 0 Å². The number of carbonyl (C=O) groups is 1. The van der Waals surface area contributed by atoms with Crippen molar-refractivity contribution in [1.29, 1.82) is 0 Å². The largest absolute Gasteiger partial charge is 0.481 e. The van der Waals surface area contributed by atoms with Crippen LogP contribution in [0.15, 0.2) is 18.2 Å². The number of hydrogen-bond donors (Lipinski definition) is 1. The predicted molar refractivity (Wildman–Crippen MR) is 66.4 cm³/mol. The molecular weight excluding hydrogens is 214 g/mol. The summed E-state index contributed by atoms with van der Waals surface area (Å²) in [7, 11) is 0. The fourth-order valence-electron chi connectivity index (χ4n) is 3.18. The van der Waals surface area contributed by atoms with Crippen LogP contribution in [0.3, 0.4) is 0 Å². The Morgan fingerprint density at radius 3 is 3.06 bits per heavy atom. The zero-order valence-corrected chi connectivity index (χ0v) is 10.0. The molecule has 1 N–H and O–H groups in total. The van der Waals surface area contributed by atoms with E-state index in [1.807, 2.05) is 0 Å². The van der Waals surface area contributed by atoms with Crippen LogP contribution < -0.4 is 4.90 Å². The van der Waals surface area contributed by atoms with Crippen molar-refractivity contribution in [3.63, 3.8) is 0 Å². The van der Waals surface area contributed by atoms with E-state index < -0.39 is 5.97 Å². The van der Waals surface area contributed by atoms with Gasteiger partial charge in [0.25, 0.3) is 0 Å². The molecule has 0 spiro atoms. The summed E-state index contributed by atoms with van der Waals surface area (Å²) in [6.07, 6.45) is 2.99. The van der Waals surface area contributed by atoms with Crippen LogP contribution in [-0.4, -0.2) is 23.7 Å². The summed E-state index contributed by atoms with van der Waals surface area (Å²) in [4.78, 5) is 13.4. The second-order valence-electron chi connectivity index (χ2n) is 5.25. The maximum absolute atomic E-state index is 11.1. The Kier molecular flexibility index (Phi) is 2.35. The molecule has 0 aromatic heterocycles. The monoisotopic (exact) mass is 231 g/mol. The highest BCUT2D eigenvalue weighted by Gasteiger charge is 2.38. The van der Waals surface area contributed by atoms with E-state index >= 15 is 0 Å². The van der Waals surface area contributed by atoms with Crippen molar-refractivity contribution in [2.75, 3.05) is 11.4 Å². The maximum atomic E-state index is 11.1. The highest BCUT2D eigenvalue weighted by molar-refractivity contribution is 5.73. The Morgan fingerprint density at radius 2 is 2.29 bits per heavy atom. The van der Waals surface area contributed by atoms with Gasteiger partial charge in [-0.15, -0.1) is 0 Å². The summed E-state index contributed by atoms with van der Waals surface area (Å²) in [5, 5.41) is 9.13. The lowest BCUT2D eigenvalue weighted by Gasteiger charge is -2.33. The number of carboxylic acid groups (broad SMARTS) is 1. The summed E-state index contributed by atoms with van der Waals surface area (Å²) in [5.74, 6) is -0.833. The van der Waals surface area contributed by atoms with E-state index in [0.717, 1.165) is 19.3 Å². The van der Waals surface area contributed by atoms with Crippen molar-refractivity contribution in [3.8, 4) is 0 Å². The third-order valence-corrected chi connectivity index (χ3v) is 4.06. The van der Waals surface area contributed by atoms with Crippen LogP contribution in [0.1, 0.15) is 24.0 Å². The SMILES string of the molecule is Cc1ccc2c(c1)CCC1CC(C(=O)O)CN21. The predicted octanol–water partition coefficient (Wildman–Crippen LogP) is 2.22. The molecular formula is C14H17NO2. The average molecular weight is 231 g/mol. The van der Waals surface area contributed by atoms with Crippen LogP contribution in [-0.2, 0) is 11.2 Å². The minimum atomic E-state index is -0.645. The molecule has 1 aromatic carbocycles. The molecule has 2 unspecified atom stereocenters. The fraction of sp³-hybridized carbons (Fsp3) is 0.500. The van der Waals surface area contributed by atoms with Gasteiger partial charge in [0.2, 0.25) is 0 Å². The molecule has 2 heterocycles. The minimum Gasteiger partial charge on any atom is -0.481 e. The highest BCUT2D eigenvalue weighted by Crippen LogP contribution is 2.38. The van der Waals surface area contributed by atoms with E-state index in [2.05, 4.69) is 30.0 Å². The standard InChI is InChI=1S/C14H17NO2/c1-9-2-5-13-10(6-9)3-4-12-7-11(14(16)17)8-15(12)13/h2,5-6,11-12H,3-4,7-8H2,1H3,(H,16,17). The summed E-state index contributed by atoms with van der Waals surface area (Å²) in [5.41, 5.74) is 3.93. The highest BCUT2D eigenvalue weighted by atomic mass is 16.4. The Morgan fingerprint density at radius 1 is 1.47 bits per heavy atom. The number of aryl methyl sites for hydroxylation is 2. The van der Waals surface area contributed by atoms with Gasteiger partial charge in [-0.25, -0.2) is 0 Å². The number of nitrogens with zero attached hydrogens (tertiary/aromatic N) is 1. The topological polar surface area (TPSA) is 40.5 Å². The quantitative estimate of drug-likeness (QED) is 0.805. The molecule has 1 fully saturated rings. The number of fused-ring (bicyclic) bond motifs is 3. The first-order chi connectivity index (χ1) is 8.15. The van der Waals surface area contributed by atoms with Crippen molar-refractivity contribution >= 4 is 11.7 Å². The normalized spacial score (nSPS) is 26.5. The molecule has 0 radical (unpaired) electrons. The third kappa shape index (κ3) is 1.70. The summed E-state index contributed by atoms with van der Waals surface area (Å²) in [6, 6.07) is 6.95. The van der Waals surface area contributed by atoms with Gasteiger partial charge in [-0.3, -0.25) is 4.79 Å². The molecule has 0 amide bonds. The van der Waals surface area contributed by atoms with Crippen LogP contribution >= 0.6 is 0 Å². The van der Waals surface area contributed by atoms with Gasteiger partial charge < -0.3 is 10.0 Å². The molecule has 2 aliphatic rings. The molecule has 0 aliphatic carbocycles. The van der Waals surface area contributed by atoms with Gasteiger partial charge in [-0.1, -0.05) is 17.7 Å². The van der Waals surface area contributed by atoms with Gasteiger partial charge in [-0.2, -0.15) is 0 Å². The van der Waals surface area contributed by atoms with Gasteiger partial charge in [-0.05, 0) is 37.8 Å². The lowest BCUT2D eigenvalue weighted by Crippen LogP contribution is -2.34. The minimum absolute atomic E-state index is 0.188. The Bertz CT molecular complexity index is 469. The number of aliphatic carboxylic acids is 1. The van der Waals surface area contributed by atoms with E-state index in [1.54, 1.807) is 0 Å². The fourth-order valence-corrected chi connectivity index (χ4v) is 3.18. The molecule has 90 valence electrons. The molecule has 0 bridgehead atoms. The van der Waals surface area contributed by atoms with Gasteiger partial charge in [0.15, 0.2) is 0 Å². The maximum Gasteiger partial charge on any atom is 0.308 e. The van der Waals surface area contributed by atoms with E-state index in [0.29, 0.717) is 12.6 Å². The average Bonchev–Trinajstić information content (AvgIpc) is 2.72. The number of rotatable bonds is 1. The van der Waals surface area contributed by atoms with Gasteiger partial charge in [0, 0.05) is 18.3 Å². The van der Waals surface area contributed by atoms with Gasteiger partial charge >= 0.3 is 5.97 Å². The Labute approximate surface area is 101 Å². The lowest BCUT2D eigenvalue weighted by atomic mass is 9.94. The van der Waals surface area contributed by atoms with Crippen LogP contribution in [0.25, 0.3) is 0 Å². The Hall–Kier alpha value is -1.51. The molecule has 3 heteroatoms.